The predicted octanol–water partition coefficient (Wildman–Crippen LogP) is 5.55. The lowest BCUT2D eigenvalue weighted by Crippen LogP contribution is -2.17. The van der Waals surface area contributed by atoms with Crippen LogP contribution in [0, 0.1) is 0 Å². The van der Waals surface area contributed by atoms with Gasteiger partial charge in [0.15, 0.2) is 17.1 Å². The van der Waals surface area contributed by atoms with Gasteiger partial charge >= 0.3 is 5.97 Å². The second-order valence-electron chi connectivity index (χ2n) is 8.48. The molecule has 1 amide bonds. The predicted molar refractivity (Wildman–Crippen MR) is 133 cm³/mol. The molecule has 0 aliphatic carbocycles. The first-order chi connectivity index (χ1) is 16.2. The van der Waals surface area contributed by atoms with Crippen LogP contribution < -0.4 is 10.1 Å². The molecule has 2 aromatic carbocycles. The topological polar surface area (TPSA) is 106 Å². The van der Waals surface area contributed by atoms with E-state index in [1.54, 1.807) is 12.1 Å². The molecule has 0 aliphatic rings. The zero-order valence-electron chi connectivity index (χ0n) is 20.0. The first-order valence-corrected chi connectivity index (χ1v) is 12.1. The Hall–Kier alpha value is -3.33. The molecular formula is C25H30N4O4S. The SMILES string of the molecule is CC(C)c1ccccc1OC(C)c1nnc(SCC(=O)Nc2ccc(C(=O)O)cc2)n1C(C)C. The molecule has 0 spiro atoms. The van der Waals surface area contributed by atoms with E-state index in [1.807, 2.05) is 43.5 Å². The van der Waals surface area contributed by atoms with E-state index in [9.17, 15) is 9.59 Å². The van der Waals surface area contributed by atoms with Crippen molar-refractivity contribution in [3.63, 3.8) is 0 Å². The zero-order chi connectivity index (χ0) is 24.8. The number of carboxylic acid groups (broad SMARTS) is 1. The Morgan fingerprint density at radius 3 is 2.32 bits per heavy atom. The van der Waals surface area contributed by atoms with Crippen molar-refractivity contribution in [2.45, 2.75) is 57.8 Å². The van der Waals surface area contributed by atoms with Gasteiger partial charge in [0.25, 0.3) is 0 Å². The molecule has 0 saturated carbocycles. The number of thioether (sulfide) groups is 1. The lowest BCUT2D eigenvalue weighted by atomic mass is 10.0. The summed E-state index contributed by atoms with van der Waals surface area (Å²) in [6.45, 7) is 10.3. The Morgan fingerprint density at radius 2 is 1.71 bits per heavy atom. The number of anilines is 1. The van der Waals surface area contributed by atoms with Crippen LogP contribution in [-0.4, -0.2) is 37.5 Å². The molecule has 0 fully saturated rings. The number of benzene rings is 2. The van der Waals surface area contributed by atoms with Crippen LogP contribution in [0.3, 0.4) is 0 Å². The molecule has 180 valence electrons. The number of carboxylic acids is 1. The fourth-order valence-corrected chi connectivity index (χ4v) is 4.36. The van der Waals surface area contributed by atoms with E-state index >= 15 is 0 Å². The molecule has 1 heterocycles. The van der Waals surface area contributed by atoms with Gasteiger partial charge in [-0.1, -0.05) is 43.8 Å². The summed E-state index contributed by atoms with van der Waals surface area (Å²) in [5, 5.41) is 21.1. The van der Waals surface area contributed by atoms with Crippen molar-refractivity contribution in [2.24, 2.45) is 0 Å². The summed E-state index contributed by atoms with van der Waals surface area (Å²) >= 11 is 1.29. The van der Waals surface area contributed by atoms with Gasteiger partial charge in [-0.15, -0.1) is 10.2 Å². The largest absolute Gasteiger partial charge is 0.482 e. The van der Waals surface area contributed by atoms with Crippen LogP contribution in [0.2, 0.25) is 0 Å². The highest BCUT2D eigenvalue weighted by atomic mass is 32.2. The second kappa shape index (κ2) is 11.2. The number of nitrogens with zero attached hydrogens (tertiary/aromatic N) is 3. The highest BCUT2D eigenvalue weighted by molar-refractivity contribution is 7.99. The highest BCUT2D eigenvalue weighted by Gasteiger charge is 2.23. The summed E-state index contributed by atoms with van der Waals surface area (Å²) in [6, 6.07) is 14.1. The van der Waals surface area contributed by atoms with Crippen LogP contribution in [0.15, 0.2) is 53.7 Å². The van der Waals surface area contributed by atoms with Gasteiger partial charge < -0.3 is 19.7 Å². The van der Waals surface area contributed by atoms with Crippen molar-refractivity contribution < 1.29 is 19.4 Å². The number of carbonyl (C=O) groups excluding carboxylic acids is 1. The zero-order valence-corrected chi connectivity index (χ0v) is 20.8. The van der Waals surface area contributed by atoms with E-state index in [4.69, 9.17) is 9.84 Å². The molecule has 2 N–H and O–H groups in total. The fraction of sp³-hybridized carbons (Fsp3) is 0.360. The average molecular weight is 483 g/mol. The van der Waals surface area contributed by atoms with Crippen LogP contribution in [0.1, 0.15) is 74.4 Å². The summed E-state index contributed by atoms with van der Waals surface area (Å²) < 4.78 is 8.26. The van der Waals surface area contributed by atoms with Crippen LogP contribution in [0.5, 0.6) is 5.75 Å². The van der Waals surface area contributed by atoms with Crippen molar-refractivity contribution in [1.29, 1.82) is 0 Å². The number of amides is 1. The minimum atomic E-state index is -1.01. The number of nitrogens with one attached hydrogen (secondary N) is 1. The smallest absolute Gasteiger partial charge is 0.335 e. The number of para-hydroxylation sites is 1. The Morgan fingerprint density at radius 1 is 1.03 bits per heavy atom. The lowest BCUT2D eigenvalue weighted by Gasteiger charge is -2.21. The van der Waals surface area contributed by atoms with Gasteiger partial charge in [-0.2, -0.15) is 0 Å². The molecule has 3 aromatic rings. The Kier molecular flexibility index (Phi) is 8.33. The molecule has 8 nitrogen and oxygen atoms in total. The number of hydrogen-bond donors (Lipinski definition) is 2. The van der Waals surface area contributed by atoms with Gasteiger partial charge in [-0.05, 0) is 62.6 Å². The second-order valence-corrected chi connectivity index (χ2v) is 9.42. The number of hydrogen-bond acceptors (Lipinski definition) is 6. The van der Waals surface area contributed by atoms with Crippen molar-refractivity contribution in [3.8, 4) is 5.75 Å². The number of rotatable bonds is 10. The Bertz CT molecular complexity index is 1140. The highest BCUT2D eigenvalue weighted by Crippen LogP contribution is 2.31. The third kappa shape index (κ3) is 6.17. The third-order valence-corrected chi connectivity index (χ3v) is 6.11. The van der Waals surface area contributed by atoms with E-state index in [1.165, 1.54) is 23.9 Å². The molecule has 1 aromatic heterocycles. The van der Waals surface area contributed by atoms with Crippen molar-refractivity contribution in [1.82, 2.24) is 14.8 Å². The summed E-state index contributed by atoms with van der Waals surface area (Å²) in [5.41, 5.74) is 1.83. The number of aromatic nitrogens is 3. The molecule has 0 radical (unpaired) electrons. The summed E-state index contributed by atoms with van der Waals surface area (Å²) in [7, 11) is 0. The third-order valence-electron chi connectivity index (χ3n) is 5.16. The van der Waals surface area contributed by atoms with Gasteiger partial charge in [0.1, 0.15) is 5.75 Å². The van der Waals surface area contributed by atoms with Crippen molar-refractivity contribution in [3.05, 3.63) is 65.5 Å². The lowest BCUT2D eigenvalue weighted by molar-refractivity contribution is -0.113. The summed E-state index contributed by atoms with van der Waals surface area (Å²) in [5.74, 6) is 0.755. The van der Waals surface area contributed by atoms with E-state index in [2.05, 4.69) is 35.4 Å². The van der Waals surface area contributed by atoms with Crippen molar-refractivity contribution in [2.75, 3.05) is 11.1 Å². The van der Waals surface area contributed by atoms with Gasteiger partial charge in [-0.3, -0.25) is 4.79 Å². The maximum Gasteiger partial charge on any atom is 0.335 e. The minimum absolute atomic E-state index is 0.0746. The van der Waals surface area contributed by atoms with Crippen LogP contribution in [-0.2, 0) is 4.79 Å². The Labute approximate surface area is 203 Å². The molecule has 0 bridgehead atoms. The fourth-order valence-electron chi connectivity index (χ4n) is 3.48. The normalized spacial score (nSPS) is 12.1. The molecule has 1 unspecified atom stereocenters. The number of ether oxygens (including phenoxy) is 1. The monoisotopic (exact) mass is 482 g/mol. The Balaban J connectivity index is 1.69. The van der Waals surface area contributed by atoms with Crippen LogP contribution in [0.4, 0.5) is 5.69 Å². The van der Waals surface area contributed by atoms with E-state index < -0.39 is 5.97 Å². The van der Waals surface area contributed by atoms with E-state index in [0.717, 1.165) is 11.3 Å². The first-order valence-electron chi connectivity index (χ1n) is 11.1. The molecule has 1 atom stereocenters. The maximum atomic E-state index is 12.4. The van der Waals surface area contributed by atoms with Gasteiger partial charge in [0.2, 0.25) is 5.91 Å². The molecular weight excluding hydrogens is 452 g/mol. The molecule has 0 aliphatic heterocycles. The number of aromatic carboxylic acids is 1. The summed E-state index contributed by atoms with van der Waals surface area (Å²) in [4.78, 5) is 23.4. The molecule has 34 heavy (non-hydrogen) atoms. The summed E-state index contributed by atoms with van der Waals surface area (Å²) in [6.07, 6.45) is -0.328. The van der Waals surface area contributed by atoms with E-state index in [0.29, 0.717) is 22.6 Å². The number of carbonyl (C=O) groups is 2. The molecule has 0 saturated heterocycles. The van der Waals surface area contributed by atoms with Crippen molar-refractivity contribution >= 4 is 29.3 Å². The average Bonchev–Trinajstić information content (AvgIpc) is 3.23. The first kappa shape index (κ1) is 25.3. The van der Waals surface area contributed by atoms with E-state index in [-0.39, 0.29) is 29.4 Å². The molecule has 3 rings (SSSR count). The maximum absolute atomic E-state index is 12.4. The minimum Gasteiger partial charge on any atom is -0.482 e. The van der Waals surface area contributed by atoms with Gasteiger partial charge in [-0.25, -0.2) is 4.79 Å². The molecule has 9 heteroatoms. The van der Waals surface area contributed by atoms with Gasteiger partial charge in [0.05, 0.1) is 11.3 Å². The van der Waals surface area contributed by atoms with Crippen LogP contribution in [0.25, 0.3) is 0 Å². The van der Waals surface area contributed by atoms with Crippen LogP contribution >= 0.6 is 11.8 Å². The quantitative estimate of drug-likeness (QED) is 0.365. The standard InChI is InChI=1S/C25H30N4O4S/c1-15(2)20-8-6-7-9-21(20)33-17(5)23-27-28-25(29(23)16(3)4)34-14-22(30)26-19-12-10-18(11-13-19)24(31)32/h6-13,15-17H,14H2,1-5H3,(H,26,30)(H,31,32). The van der Waals surface area contributed by atoms with Gasteiger partial charge in [0, 0.05) is 11.7 Å².